The molecular weight excluding hydrogens is 877 g/mol. The minimum atomic E-state index is -0.799. The van der Waals surface area contributed by atoms with Gasteiger partial charge in [-0.05, 0) is 122 Å². The Morgan fingerprint density at radius 1 is 0.296 bits per heavy atom. The standard InChI is InChI=1S/C65H108O6/c1-4-7-10-13-16-19-22-25-27-29-30-31-32-33-34-36-37-40-43-46-49-52-55-58-64(67)70-61-62(60-69-63(66)57-54-51-48-45-42-39-24-21-18-15-12-9-6-3)71-65(68)59-56-53-50-47-44-41-38-35-28-26-23-20-17-14-11-8-5-2/h7,10,12,15-16,19,21,24-28,30-31,33-34,37,40,62H,4-6,8-9,11,13-14,17-18,20,22-23,29,32,35-36,38-39,41-61H2,1-3H3/b10-7-,15-12-,19-16-,24-21-,27-25-,28-26-,31-30-,34-33-,40-37-. The number of carbonyl (C=O) groups is 3. The van der Waals surface area contributed by atoms with Crippen molar-refractivity contribution < 1.29 is 28.6 Å². The summed E-state index contributed by atoms with van der Waals surface area (Å²) in [5.74, 6) is -0.938. The van der Waals surface area contributed by atoms with Crippen LogP contribution in [0.4, 0.5) is 0 Å². The molecule has 404 valence electrons. The molecule has 0 aromatic rings. The van der Waals surface area contributed by atoms with Crippen molar-refractivity contribution in [1.82, 2.24) is 0 Å². The van der Waals surface area contributed by atoms with Crippen LogP contribution in [0.5, 0.6) is 0 Å². The van der Waals surface area contributed by atoms with Crippen molar-refractivity contribution in [1.29, 1.82) is 0 Å². The first kappa shape index (κ1) is 67.1. The number of unbranched alkanes of at least 4 members (excludes halogenated alkanes) is 23. The largest absolute Gasteiger partial charge is 0.462 e. The molecule has 0 saturated heterocycles. The van der Waals surface area contributed by atoms with Gasteiger partial charge in [-0.25, -0.2) is 0 Å². The fourth-order valence-electron chi connectivity index (χ4n) is 7.83. The molecule has 0 aromatic heterocycles. The molecule has 0 aromatic carbocycles. The fourth-order valence-corrected chi connectivity index (χ4v) is 7.83. The monoisotopic (exact) mass is 985 g/mol. The number of esters is 3. The summed E-state index contributed by atoms with van der Waals surface area (Å²) < 4.78 is 16.8. The summed E-state index contributed by atoms with van der Waals surface area (Å²) in [7, 11) is 0. The van der Waals surface area contributed by atoms with E-state index in [0.717, 1.165) is 141 Å². The van der Waals surface area contributed by atoms with Gasteiger partial charge in [-0.1, -0.05) is 233 Å². The zero-order valence-electron chi connectivity index (χ0n) is 46.2. The highest BCUT2D eigenvalue weighted by molar-refractivity contribution is 5.71. The molecule has 0 aliphatic carbocycles. The molecule has 0 radical (unpaired) electrons. The van der Waals surface area contributed by atoms with Crippen LogP contribution in [0, 0.1) is 0 Å². The van der Waals surface area contributed by atoms with Crippen LogP contribution in [0.3, 0.4) is 0 Å². The van der Waals surface area contributed by atoms with Crippen LogP contribution in [0.1, 0.15) is 265 Å². The molecule has 0 spiro atoms. The van der Waals surface area contributed by atoms with Gasteiger partial charge in [0.1, 0.15) is 13.2 Å². The minimum Gasteiger partial charge on any atom is -0.462 e. The van der Waals surface area contributed by atoms with Crippen LogP contribution in [0.2, 0.25) is 0 Å². The Bertz CT molecular complexity index is 1460. The first-order chi connectivity index (χ1) is 35.0. The van der Waals surface area contributed by atoms with Gasteiger partial charge in [0.25, 0.3) is 0 Å². The van der Waals surface area contributed by atoms with Crippen LogP contribution in [-0.2, 0) is 28.6 Å². The summed E-state index contributed by atoms with van der Waals surface area (Å²) in [4.78, 5) is 38.2. The molecule has 71 heavy (non-hydrogen) atoms. The lowest BCUT2D eigenvalue weighted by molar-refractivity contribution is -0.167. The van der Waals surface area contributed by atoms with Gasteiger partial charge >= 0.3 is 17.9 Å². The van der Waals surface area contributed by atoms with Gasteiger partial charge in [0, 0.05) is 19.3 Å². The summed E-state index contributed by atoms with van der Waals surface area (Å²) in [5.41, 5.74) is 0. The number of hydrogen-bond acceptors (Lipinski definition) is 6. The second-order valence-corrected chi connectivity index (χ2v) is 19.2. The quantitative estimate of drug-likeness (QED) is 0.0261. The summed E-state index contributed by atoms with van der Waals surface area (Å²) in [5, 5.41) is 0. The first-order valence-corrected chi connectivity index (χ1v) is 29.4. The summed E-state index contributed by atoms with van der Waals surface area (Å²) >= 11 is 0. The van der Waals surface area contributed by atoms with Gasteiger partial charge in [-0.15, -0.1) is 0 Å². The van der Waals surface area contributed by atoms with Gasteiger partial charge in [-0.3, -0.25) is 14.4 Å². The molecular formula is C65H108O6. The molecule has 6 heteroatoms. The average molecular weight is 986 g/mol. The Balaban J connectivity index is 4.43. The zero-order valence-corrected chi connectivity index (χ0v) is 46.2. The van der Waals surface area contributed by atoms with Crippen molar-refractivity contribution in [2.75, 3.05) is 13.2 Å². The van der Waals surface area contributed by atoms with Crippen molar-refractivity contribution in [2.45, 2.75) is 271 Å². The third-order valence-electron chi connectivity index (χ3n) is 12.2. The van der Waals surface area contributed by atoms with Crippen LogP contribution in [0.25, 0.3) is 0 Å². The molecule has 1 unspecified atom stereocenters. The highest BCUT2D eigenvalue weighted by Gasteiger charge is 2.19. The average Bonchev–Trinajstić information content (AvgIpc) is 3.37. The van der Waals surface area contributed by atoms with E-state index in [2.05, 4.69) is 130 Å². The van der Waals surface area contributed by atoms with Gasteiger partial charge in [-0.2, -0.15) is 0 Å². The number of carbonyl (C=O) groups excluding carboxylic acids is 3. The molecule has 0 aliphatic heterocycles. The van der Waals surface area contributed by atoms with Crippen molar-refractivity contribution in [3.05, 3.63) is 109 Å². The van der Waals surface area contributed by atoms with Crippen molar-refractivity contribution >= 4 is 17.9 Å². The second kappa shape index (κ2) is 58.6. The SMILES string of the molecule is CC/C=C\C/C=C\C/C=C\C/C=C\C/C=C\C/C=C\CCCCCCC(=O)OCC(COC(=O)CCCCCCC/C=C\C/C=C\CCC)OC(=O)CCCCCCCCC/C=C\CCCCCCCC. The second-order valence-electron chi connectivity index (χ2n) is 19.2. The minimum absolute atomic E-state index is 0.0966. The van der Waals surface area contributed by atoms with E-state index < -0.39 is 6.10 Å². The van der Waals surface area contributed by atoms with E-state index in [1.807, 2.05) is 0 Å². The number of hydrogen-bond donors (Lipinski definition) is 0. The van der Waals surface area contributed by atoms with Gasteiger partial charge in [0.15, 0.2) is 6.10 Å². The maximum absolute atomic E-state index is 12.9. The predicted octanol–water partition coefficient (Wildman–Crippen LogP) is 19.9. The lowest BCUT2D eigenvalue weighted by Gasteiger charge is -2.18. The van der Waals surface area contributed by atoms with E-state index in [9.17, 15) is 14.4 Å². The third-order valence-corrected chi connectivity index (χ3v) is 12.2. The molecule has 0 saturated carbocycles. The van der Waals surface area contributed by atoms with E-state index in [1.165, 1.54) is 83.5 Å². The van der Waals surface area contributed by atoms with Crippen molar-refractivity contribution in [3.63, 3.8) is 0 Å². The van der Waals surface area contributed by atoms with Gasteiger partial charge < -0.3 is 14.2 Å². The Morgan fingerprint density at radius 3 is 0.930 bits per heavy atom. The van der Waals surface area contributed by atoms with Crippen molar-refractivity contribution in [3.8, 4) is 0 Å². The molecule has 0 heterocycles. The fraction of sp³-hybridized carbons (Fsp3) is 0.677. The number of rotatable bonds is 52. The van der Waals surface area contributed by atoms with E-state index in [-0.39, 0.29) is 31.1 Å². The summed E-state index contributed by atoms with van der Waals surface area (Å²) in [6.07, 6.45) is 79.3. The molecule has 0 aliphatic rings. The van der Waals surface area contributed by atoms with Crippen LogP contribution in [0.15, 0.2) is 109 Å². The smallest absolute Gasteiger partial charge is 0.306 e. The van der Waals surface area contributed by atoms with Crippen LogP contribution >= 0.6 is 0 Å². The molecule has 0 N–H and O–H groups in total. The molecule has 0 rings (SSSR count). The van der Waals surface area contributed by atoms with Gasteiger partial charge in [0.2, 0.25) is 0 Å². The van der Waals surface area contributed by atoms with E-state index in [4.69, 9.17) is 14.2 Å². The van der Waals surface area contributed by atoms with E-state index in [1.54, 1.807) is 0 Å². The molecule has 0 amide bonds. The maximum Gasteiger partial charge on any atom is 0.306 e. The van der Waals surface area contributed by atoms with E-state index in [0.29, 0.717) is 19.3 Å². The highest BCUT2D eigenvalue weighted by Crippen LogP contribution is 2.14. The Labute approximate surface area is 438 Å². The third kappa shape index (κ3) is 56.9. The first-order valence-electron chi connectivity index (χ1n) is 29.4. The summed E-state index contributed by atoms with van der Waals surface area (Å²) in [6.45, 7) is 6.42. The summed E-state index contributed by atoms with van der Waals surface area (Å²) in [6, 6.07) is 0. The van der Waals surface area contributed by atoms with Crippen LogP contribution < -0.4 is 0 Å². The molecule has 1 atom stereocenters. The highest BCUT2D eigenvalue weighted by atomic mass is 16.6. The molecule has 0 fully saturated rings. The Morgan fingerprint density at radius 2 is 0.577 bits per heavy atom. The number of ether oxygens (including phenoxy) is 3. The predicted molar refractivity (Wildman–Crippen MR) is 307 cm³/mol. The van der Waals surface area contributed by atoms with E-state index >= 15 is 0 Å². The lowest BCUT2D eigenvalue weighted by Crippen LogP contribution is -2.30. The topological polar surface area (TPSA) is 78.9 Å². The van der Waals surface area contributed by atoms with Crippen molar-refractivity contribution in [2.24, 2.45) is 0 Å². The normalized spacial score (nSPS) is 12.9. The maximum atomic E-state index is 12.9. The molecule has 0 bridgehead atoms. The zero-order chi connectivity index (χ0) is 51.4. The number of allylic oxidation sites excluding steroid dienone is 18. The molecule has 6 nitrogen and oxygen atoms in total. The lowest BCUT2D eigenvalue weighted by atomic mass is 10.1. The Hall–Kier alpha value is -3.93. The Kier molecular flexibility index (Phi) is 55.4. The van der Waals surface area contributed by atoms with Crippen LogP contribution in [-0.4, -0.2) is 37.2 Å². The van der Waals surface area contributed by atoms with Gasteiger partial charge in [0.05, 0.1) is 0 Å².